The lowest BCUT2D eigenvalue weighted by Gasteiger charge is -2.15. The summed E-state index contributed by atoms with van der Waals surface area (Å²) in [6.45, 7) is 2.12. The molecule has 0 saturated heterocycles. The molecule has 0 unspecified atom stereocenters. The first kappa shape index (κ1) is 13.5. The second-order valence-corrected chi connectivity index (χ2v) is 7.00. The van der Waals surface area contributed by atoms with E-state index in [0.29, 0.717) is 0 Å². The van der Waals surface area contributed by atoms with Crippen molar-refractivity contribution in [3.8, 4) is 0 Å². The first-order chi connectivity index (χ1) is 7.31. The Labute approximate surface area is 104 Å². The Morgan fingerprint density at radius 2 is 2.31 bits per heavy atom. The third-order valence-corrected chi connectivity index (χ3v) is 4.75. The number of rotatable bonds is 5. The van der Waals surface area contributed by atoms with Crippen LogP contribution in [-0.4, -0.2) is 35.5 Å². The fourth-order valence-corrected chi connectivity index (χ4v) is 3.06. The second kappa shape index (κ2) is 5.17. The van der Waals surface area contributed by atoms with Crippen LogP contribution in [0.2, 0.25) is 0 Å². The fourth-order valence-electron chi connectivity index (χ4n) is 1.10. The third-order valence-electron chi connectivity index (χ3n) is 1.85. The van der Waals surface area contributed by atoms with Gasteiger partial charge in [-0.15, -0.1) is 11.3 Å². The van der Waals surface area contributed by atoms with Crippen molar-refractivity contribution in [1.29, 1.82) is 0 Å². The van der Waals surface area contributed by atoms with E-state index in [1.165, 1.54) is 22.7 Å². The molecular weight excluding hydrogens is 266 g/mol. The largest absolute Gasteiger partial charge is 0.392 e. The average Bonchev–Trinajstić information content (AvgIpc) is 2.48. The van der Waals surface area contributed by atoms with E-state index < -0.39 is 10.0 Å². The van der Waals surface area contributed by atoms with Crippen LogP contribution in [0.15, 0.2) is 5.38 Å². The molecular formula is C8H13N3O2S3. The zero-order valence-corrected chi connectivity index (χ0v) is 11.5. The van der Waals surface area contributed by atoms with Crippen LogP contribution in [-0.2, 0) is 16.6 Å². The van der Waals surface area contributed by atoms with Crippen LogP contribution in [0.4, 0.5) is 0 Å². The Hall–Kier alpha value is -0.570. The van der Waals surface area contributed by atoms with Gasteiger partial charge in [0.2, 0.25) is 10.0 Å². The summed E-state index contributed by atoms with van der Waals surface area (Å²) in [5.41, 5.74) is 5.96. The van der Waals surface area contributed by atoms with Gasteiger partial charge in [0.25, 0.3) is 0 Å². The molecule has 1 heterocycles. The van der Waals surface area contributed by atoms with Crippen molar-refractivity contribution in [2.24, 2.45) is 5.73 Å². The van der Waals surface area contributed by atoms with Gasteiger partial charge >= 0.3 is 0 Å². The van der Waals surface area contributed by atoms with E-state index in [1.807, 2.05) is 12.3 Å². The Morgan fingerprint density at radius 1 is 1.69 bits per heavy atom. The Bertz CT molecular complexity index is 480. The number of hydrogen-bond donors (Lipinski definition) is 1. The normalized spacial score (nSPS) is 11.9. The second-order valence-electron chi connectivity index (χ2n) is 3.34. The van der Waals surface area contributed by atoms with Gasteiger partial charge in [-0.05, 0) is 6.92 Å². The highest BCUT2D eigenvalue weighted by Gasteiger charge is 2.19. The molecule has 1 rings (SSSR count). The van der Waals surface area contributed by atoms with Crippen molar-refractivity contribution in [2.45, 2.75) is 13.5 Å². The molecule has 0 aromatic carbocycles. The molecule has 0 aliphatic carbocycles. The van der Waals surface area contributed by atoms with Crippen LogP contribution in [0, 0.1) is 6.92 Å². The first-order valence-electron chi connectivity index (χ1n) is 4.44. The summed E-state index contributed by atoms with van der Waals surface area (Å²) in [7, 11) is -1.93. The number of thiazole rings is 1. The highest BCUT2D eigenvalue weighted by molar-refractivity contribution is 7.92. The minimum Gasteiger partial charge on any atom is -0.392 e. The monoisotopic (exact) mass is 279 g/mol. The quantitative estimate of drug-likeness (QED) is 0.794. The van der Waals surface area contributed by atoms with E-state index in [2.05, 4.69) is 17.2 Å². The van der Waals surface area contributed by atoms with E-state index >= 15 is 0 Å². The SMILES string of the molecule is Cc1nc(CN(C)S(=O)(=O)CC(N)=S)cs1. The lowest BCUT2D eigenvalue weighted by molar-refractivity contribution is 0.466. The van der Waals surface area contributed by atoms with Crippen LogP contribution in [0.3, 0.4) is 0 Å². The maximum Gasteiger partial charge on any atom is 0.220 e. The maximum atomic E-state index is 11.7. The zero-order chi connectivity index (χ0) is 12.3. The lowest BCUT2D eigenvalue weighted by Crippen LogP contribution is -2.33. The molecule has 90 valence electrons. The number of aromatic nitrogens is 1. The van der Waals surface area contributed by atoms with Gasteiger partial charge in [-0.2, -0.15) is 4.31 Å². The predicted octanol–water partition coefficient (Wildman–Crippen LogP) is 0.499. The molecule has 2 N–H and O–H groups in total. The molecule has 8 heteroatoms. The lowest BCUT2D eigenvalue weighted by atomic mass is 10.5. The van der Waals surface area contributed by atoms with Crippen LogP contribution < -0.4 is 5.73 Å². The summed E-state index contributed by atoms with van der Waals surface area (Å²) < 4.78 is 24.6. The van der Waals surface area contributed by atoms with Gasteiger partial charge in [0.1, 0.15) is 5.75 Å². The summed E-state index contributed by atoms with van der Waals surface area (Å²) in [5, 5.41) is 2.75. The van der Waals surface area contributed by atoms with Gasteiger partial charge in [0.05, 0.1) is 22.2 Å². The topological polar surface area (TPSA) is 76.3 Å². The summed E-state index contributed by atoms with van der Waals surface area (Å²) >= 11 is 6.08. The van der Waals surface area contributed by atoms with Gasteiger partial charge < -0.3 is 5.73 Å². The van der Waals surface area contributed by atoms with Gasteiger partial charge in [-0.25, -0.2) is 13.4 Å². The maximum absolute atomic E-state index is 11.7. The highest BCUT2D eigenvalue weighted by Crippen LogP contribution is 2.11. The van der Waals surface area contributed by atoms with Gasteiger partial charge in [0, 0.05) is 12.4 Å². The van der Waals surface area contributed by atoms with E-state index in [9.17, 15) is 8.42 Å². The van der Waals surface area contributed by atoms with E-state index in [0.717, 1.165) is 10.7 Å². The Balaban J connectivity index is 2.72. The van der Waals surface area contributed by atoms with Gasteiger partial charge in [0.15, 0.2) is 0 Å². The van der Waals surface area contributed by atoms with Crippen molar-refractivity contribution < 1.29 is 8.42 Å². The van der Waals surface area contributed by atoms with E-state index in [-0.39, 0.29) is 17.3 Å². The molecule has 0 aliphatic rings. The van der Waals surface area contributed by atoms with Crippen LogP contribution >= 0.6 is 23.6 Å². The summed E-state index contributed by atoms with van der Waals surface area (Å²) in [6, 6.07) is 0. The van der Waals surface area contributed by atoms with Crippen molar-refractivity contribution in [1.82, 2.24) is 9.29 Å². The molecule has 0 spiro atoms. The Kier molecular flexibility index (Phi) is 4.36. The molecule has 0 atom stereocenters. The molecule has 1 aromatic heterocycles. The molecule has 0 aliphatic heterocycles. The molecule has 0 saturated carbocycles. The number of hydrogen-bond acceptors (Lipinski definition) is 5. The Morgan fingerprint density at radius 3 is 2.75 bits per heavy atom. The minimum absolute atomic E-state index is 0.0266. The highest BCUT2D eigenvalue weighted by atomic mass is 32.2. The molecule has 5 nitrogen and oxygen atoms in total. The average molecular weight is 279 g/mol. The minimum atomic E-state index is -3.42. The summed E-state index contributed by atoms with van der Waals surface area (Å²) in [4.78, 5) is 4.17. The predicted molar refractivity (Wildman–Crippen MR) is 68.9 cm³/mol. The van der Waals surface area contributed by atoms with E-state index in [4.69, 9.17) is 5.73 Å². The number of nitrogens with zero attached hydrogens (tertiary/aromatic N) is 2. The van der Waals surface area contributed by atoms with Crippen LogP contribution in [0.1, 0.15) is 10.7 Å². The van der Waals surface area contributed by atoms with Gasteiger partial charge in [-0.1, -0.05) is 12.2 Å². The van der Waals surface area contributed by atoms with Gasteiger partial charge in [-0.3, -0.25) is 0 Å². The van der Waals surface area contributed by atoms with Crippen molar-refractivity contribution >= 4 is 38.6 Å². The molecule has 0 fully saturated rings. The van der Waals surface area contributed by atoms with Crippen molar-refractivity contribution in [2.75, 3.05) is 12.8 Å². The zero-order valence-electron chi connectivity index (χ0n) is 9.00. The third kappa shape index (κ3) is 3.78. The summed E-state index contributed by atoms with van der Waals surface area (Å²) in [6.07, 6.45) is 0. The number of sulfonamides is 1. The first-order valence-corrected chi connectivity index (χ1v) is 7.34. The van der Waals surface area contributed by atoms with Crippen LogP contribution in [0.5, 0.6) is 0 Å². The molecule has 16 heavy (non-hydrogen) atoms. The molecule has 0 amide bonds. The molecule has 1 aromatic rings. The van der Waals surface area contributed by atoms with Crippen LogP contribution in [0.25, 0.3) is 0 Å². The number of nitrogens with two attached hydrogens (primary N) is 1. The number of thiocarbonyl (C=S) groups is 1. The molecule has 0 bridgehead atoms. The van der Waals surface area contributed by atoms with E-state index in [1.54, 1.807) is 0 Å². The molecule has 0 radical (unpaired) electrons. The smallest absolute Gasteiger partial charge is 0.220 e. The van der Waals surface area contributed by atoms with Crippen molar-refractivity contribution in [3.63, 3.8) is 0 Å². The fraction of sp³-hybridized carbons (Fsp3) is 0.500. The summed E-state index contributed by atoms with van der Waals surface area (Å²) in [5.74, 6) is -0.304. The number of aryl methyl sites for hydroxylation is 1. The standard InChI is InChI=1S/C8H13N3O2S3/c1-6-10-7(4-15-6)3-11(2)16(12,13)5-8(9)14/h4H,3,5H2,1-2H3,(H2,9,14). The van der Waals surface area contributed by atoms with Crippen molar-refractivity contribution in [3.05, 3.63) is 16.1 Å².